The van der Waals surface area contributed by atoms with Crippen LogP contribution in [0.15, 0.2) is 29.1 Å². The molecule has 0 fully saturated rings. The van der Waals surface area contributed by atoms with Gasteiger partial charge in [-0.3, -0.25) is 9.36 Å². The highest BCUT2D eigenvalue weighted by Crippen LogP contribution is 2.36. The highest BCUT2D eigenvalue weighted by molar-refractivity contribution is 7.18. The van der Waals surface area contributed by atoms with Crippen LogP contribution in [0.1, 0.15) is 41.9 Å². The summed E-state index contributed by atoms with van der Waals surface area (Å²) in [5, 5.41) is 0.717. The average molecular weight is 413 g/mol. The minimum atomic E-state index is -4.74. The van der Waals surface area contributed by atoms with E-state index in [4.69, 9.17) is 11.6 Å². The van der Waals surface area contributed by atoms with E-state index in [1.165, 1.54) is 35.6 Å². The number of nitrogens with zero attached hydrogens (tertiary/aromatic N) is 2. The largest absolute Gasteiger partial charge is 0.450 e. The van der Waals surface area contributed by atoms with Gasteiger partial charge in [0.05, 0.1) is 11.1 Å². The van der Waals surface area contributed by atoms with E-state index in [9.17, 15) is 18.0 Å². The minimum Gasteiger partial charge on any atom is -0.268 e. The van der Waals surface area contributed by atoms with Gasteiger partial charge in [0.2, 0.25) is 5.82 Å². The lowest BCUT2D eigenvalue weighted by molar-refractivity contribution is -0.146. The SMILES string of the molecule is O=c1c2c3c(sc2nc(C(F)(F)F)n1-c1ccc(Cl)cc1)CCCCCC3. The second-order valence-corrected chi connectivity index (χ2v) is 8.17. The van der Waals surface area contributed by atoms with Crippen LogP contribution in [0.2, 0.25) is 5.02 Å². The third kappa shape index (κ3) is 3.38. The number of aromatic nitrogens is 2. The average Bonchev–Trinajstić information content (AvgIpc) is 2.92. The number of benzene rings is 1. The molecule has 0 saturated heterocycles. The van der Waals surface area contributed by atoms with Crippen LogP contribution >= 0.6 is 22.9 Å². The molecule has 0 atom stereocenters. The number of aryl methyl sites for hydroxylation is 2. The highest BCUT2D eigenvalue weighted by atomic mass is 35.5. The summed E-state index contributed by atoms with van der Waals surface area (Å²) < 4.78 is 41.7. The summed E-state index contributed by atoms with van der Waals surface area (Å²) in [6.45, 7) is 0. The zero-order valence-corrected chi connectivity index (χ0v) is 15.8. The van der Waals surface area contributed by atoms with Crippen molar-refractivity contribution in [3.63, 3.8) is 0 Å². The van der Waals surface area contributed by atoms with Gasteiger partial charge in [-0.1, -0.05) is 24.4 Å². The zero-order valence-electron chi connectivity index (χ0n) is 14.3. The minimum absolute atomic E-state index is 0.108. The zero-order chi connectivity index (χ0) is 19.2. The van der Waals surface area contributed by atoms with E-state index in [2.05, 4.69) is 4.98 Å². The molecule has 3 nitrogen and oxygen atoms in total. The van der Waals surface area contributed by atoms with Gasteiger partial charge in [0.15, 0.2) is 0 Å². The first-order chi connectivity index (χ1) is 12.9. The van der Waals surface area contributed by atoms with Crippen molar-refractivity contribution in [2.75, 3.05) is 0 Å². The molecule has 3 aromatic rings. The second-order valence-electron chi connectivity index (χ2n) is 6.65. The Morgan fingerprint density at radius 2 is 1.70 bits per heavy atom. The Balaban J connectivity index is 2.05. The Morgan fingerprint density at radius 3 is 2.37 bits per heavy atom. The molecular formula is C19H16ClF3N2OS. The van der Waals surface area contributed by atoms with E-state index >= 15 is 0 Å². The number of halogens is 4. The lowest BCUT2D eigenvalue weighted by atomic mass is 9.98. The number of hydrogen-bond donors (Lipinski definition) is 0. The van der Waals surface area contributed by atoms with Crippen LogP contribution < -0.4 is 5.56 Å². The summed E-state index contributed by atoms with van der Waals surface area (Å²) in [6.07, 6.45) is 0.833. The molecule has 0 bridgehead atoms. The highest BCUT2D eigenvalue weighted by Gasteiger charge is 2.38. The monoisotopic (exact) mass is 412 g/mol. The molecule has 0 radical (unpaired) electrons. The Hall–Kier alpha value is -1.86. The maximum absolute atomic E-state index is 13.7. The van der Waals surface area contributed by atoms with Gasteiger partial charge < -0.3 is 0 Å². The molecule has 1 aliphatic carbocycles. The molecule has 0 unspecified atom stereocenters. The van der Waals surface area contributed by atoms with Gasteiger partial charge in [-0.15, -0.1) is 11.3 Å². The first-order valence-corrected chi connectivity index (χ1v) is 9.96. The fraction of sp³-hybridized carbons (Fsp3) is 0.368. The molecule has 0 aliphatic heterocycles. The predicted molar refractivity (Wildman–Crippen MR) is 101 cm³/mol. The normalized spacial score (nSPS) is 15.4. The van der Waals surface area contributed by atoms with Gasteiger partial charge in [-0.25, -0.2) is 4.98 Å². The van der Waals surface area contributed by atoms with Crippen molar-refractivity contribution in [3.8, 4) is 5.69 Å². The van der Waals surface area contributed by atoms with Crippen molar-refractivity contribution in [2.24, 2.45) is 0 Å². The number of alkyl halides is 3. The van der Waals surface area contributed by atoms with Crippen LogP contribution in [0.3, 0.4) is 0 Å². The van der Waals surface area contributed by atoms with Gasteiger partial charge >= 0.3 is 6.18 Å². The van der Waals surface area contributed by atoms with Crippen molar-refractivity contribution in [1.29, 1.82) is 0 Å². The fourth-order valence-corrected chi connectivity index (χ4v) is 4.96. The van der Waals surface area contributed by atoms with Crippen molar-refractivity contribution < 1.29 is 13.2 Å². The molecule has 1 aliphatic rings. The smallest absolute Gasteiger partial charge is 0.268 e. The first-order valence-electron chi connectivity index (χ1n) is 8.76. The molecule has 2 aromatic heterocycles. The Kier molecular flexibility index (Phi) is 4.76. The van der Waals surface area contributed by atoms with Crippen molar-refractivity contribution in [1.82, 2.24) is 9.55 Å². The number of fused-ring (bicyclic) bond motifs is 3. The van der Waals surface area contributed by atoms with E-state index in [0.717, 1.165) is 42.5 Å². The summed E-state index contributed by atoms with van der Waals surface area (Å²) in [5.41, 5.74) is 0.327. The molecular weight excluding hydrogens is 397 g/mol. The summed E-state index contributed by atoms with van der Waals surface area (Å²) in [5.74, 6) is -1.20. The fourth-order valence-electron chi connectivity index (χ4n) is 3.58. The first kappa shape index (κ1) is 18.5. The molecule has 0 saturated carbocycles. The third-order valence-corrected chi connectivity index (χ3v) is 6.26. The quantitative estimate of drug-likeness (QED) is 0.508. The van der Waals surface area contributed by atoms with E-state index in [-0.39, 0.29) is 10.5 Å². The van der Waals surface area contributed by atoms with Gasteiger partial charge in [-0.05, 0) is 55.5 Å². The van der Waals surface area contributed by atoms with Gasteiger partial charge in [0.25, 0.3) is 5.56 Å². The number of thiophene rings is 1. The Labute approximate surface area is 162 Å². The third-order valence-electron chi connectivity index (χ3n) is 4.83. The van der Waals surface area contributed by atoms with E-state index in [1.54, 1.807) is 0 Å². The van der Waals surface area contributed by atoms with Crippen LogP contribution in [0.5, 0.6) is 0 Å². The van der Waals surface area contributed by atoms with Crippen molar-refractivity contribution in [3.05, 3.63) is 55.9 Å². The molecule has 142 valence electrons. The van der Waals surface area contributed by atoms with Crippen LogP contribution in [0.4, 0.5) is 13.2 Å². The molecule has 8 heteroatoms. The summed E-state index contributed by atoms with van der Waals surface area (Å²) in [7, 11) is 0. The molecule has 0 spiro atoms. The predicted octanol–water partition coefficient (Wildman–Crippen LogP) is 5.78. The van der Waals surface area contributed by atoms with Crippen LogP contribution in [0.25, 0.3) is 15.9 Å². The Morgan fingerprint density at radius 1 is 1.04 bits per heavy atom. The number of hydrogen-bond acceptors (Lipinski definition) is 3. The second kappa shape index (κ2) is 6.95. The molecule has 0 N–H and O–H groups in total. The summed E-state index contributed by atoms with van der Waals surface area (Å²) in [4.78, 5) is 18.3. The van der Waals surface area contributed by atoms with E-state index in [0.29, 0.717) is 21.4 Å². The maximum Gasteiger partial charge on any atom is 0.450 e. The van der Waals surface area contributed by atoms with Gasteiger partial charge in [0.1, 0.15) is 4.83 Å². The molecule has 2 heterocycles. The maximum atomic E-state index is 13.7. The lowest BCUT2D eigenvalue weighted by Crippen LogP contribution is -2.28. The van der Waals surface area contributed by atoms with Crippen LogP contribution in [0, 0.1) is 0 Å². The van der Waals surface area contributed by atoms with E-state index < -0.39 is 17.6 Å². The summed E-state index contributed by atoms with van der Waals surface area (Å²) >= 11 is 7.08. The summed E-state index contributed by atoms with van der Waals surface area (Å²) in [6, 6.07) is 5.74. The van der Waals surface area contributed by atoms with Crippen molar-refractivity contribution in [2.45, 2.75) is 44.7 Å². The van der Waals surface area contributed by atoms with Crippen molar-refractivity contribution >= 4 is 33.2 Å². The topological polar surface area (TPSA) is 34.9 Å². The van der Waals surface area contributed by atoms with Gasteiger partial charge in [0, 0.05) is 9.90 Å². The molecule has 4 rings (SSSR count). The van der Waals surface area contributed by atoms with Gasteiger partial charge in [-0.2, -0.15) is 13.2 Å². The lowest BCUT2D eigenvalue weighted by Gasteiger charge is -2.15. The van der Waals surface area contributed by atoms with E-state index in [1.807, 2.05) is 0 Å². The molecule has 1 aromatic carbocycles. The Bertz CT molecular complexity index is 1050. The number of rotatable bonds is 1. The standard InChI is InChI=1S/C19H16ClF3N2OS/c20-11-7-9-12(10-8-11)25-17(26)15-13-5-3-1-2-4-6-14(13)27-16(15)24-18(25)19(21,22)23/h7-10H,1-6H2. The van der Waals surface area contributed by atoms with Crippen LogP contribution in [-0.4, -0.2) is 9.55 Å². The molecule has 0 amide bonds. The van der Waals surface area contributed by atoms with Crippen LogP contribution in [-0.2, 0) is 19.0 Å². The molecule has 27 heavy (non-hydrogen) atoms.